The standard InChI is InChI=1S/C3H4N2O2.FH/c6-2-1-4-3(7)5-2;/h1H2,(H2,4,5,6,7);1H. The molecule has 1 heterocycles. The van der Waals surface area contributed by atoms with Gasteiger partial charge in [0.05, 0.1) is 6.54 Å². The maximum absolute atomic E-state index is 10.1. The molecule has 4 nitrogen and oxygen atoms in total. The molecule has 0 radical (unpaired) electrons. The van der Waals surface area contributed by atoms with Crippen LogP contribution in [0, 0.1) is 0 Å². The van der Waals surface area contributed by atoms with E-state index in [1.54, 1.807) is 0 Å². The zero-order chi connectivity index (χ0) is 5.28. The Morgan fingerprint density at radius 1 is 1.38 bits per heavy atom. The van der Waals surface area contributed by atoms with Crippen LogP contribution in [0.15, 0.2) is 0 Å². The summed E-state index contributed by atoms with van der Waals surface area (Å²) in [5, 5.41) is 4.30. The third-order valence-corrected chi connectivity index (χ3v) is 0.662. The zero-order valence-electron chi connectivity index (χ0n) is 3.93. The molecule has 8 heavy (non-hydrogen) atoms. The van der Waals surface area contributed by atoms with Gasteiger partial charge in [-0.1, -0.05) is 0 Å². The van der Waals surface area contributed by atoms with E-state index in [9.17, 15) is 9.59 Å². The number of imide groups is 1. The normalized spacial score (nSPS) is 16.5. The van der Waals surface area contributed by atoms with Crippen LogP contribution in [0.3, 0.4) is 0 Å². The molecule has 0 unspecified atom stereocenters. The van der Waals surface area contributed by atoms with Crippen molar-refractivity contribution in [1.29, 1.82) is 0 Å². The summed E-state index contributed by atoms with van der Waals surface area (Å²) in [5.41, 5.74) is 0. The summed E-state index contributed by atoms with van der Waals surface area (Å²) < 4.78 is 0. The van der Waals surface area contributed by atoms with Gasteiger partial charge in [-0.3, -0.25) is 14.8 Å². The van der Waals surface area contributed by atoms with Crippen molar-refractivity contribution in [3.05, 3.63) is 0 Å². The maximum atomic E-state index is 10.1. The fourth-order valence-electron chi connectivity index (χ4n) is 0.376. The van der Waals surface area contributed by atoms with Crippen LogP contribution in [-0.4, -0.2) is 18.5 Å². The first-order valence-electron chi connectivity index (χ1n) is 1.87. The molecule has 5 heteroatoms. The fourth-order valence-corrected chi connectivity index (χ4v) is 0.376. The number of hydrogen-bond donors (Lipinski definition) is 2. The van der Waals surface area contributed by atoms with Gasteiger partial charge in [-0.15, -0.1) is 0 Å². The number of carbonyl (C=O) groups excluding carboxylic acids is 2. The summed E-state index contributed by atoms with van der Waals surface area (Å²) in [5.74, 6) is -0.259. The van der Waals surface area contributed by atoms with E-state index < -0.39 is 6.03 Å². The Hall–Kier alpha value is -1.13. The van der Waals surface area contributed by atoms with Gasteiger partial charge < -0.3 is 5.32 Å². The van der Waals surface area contributed by atoms with Crippen LogP contribution in [0.5, 0.6) is 0 Å². The summed E-state index contributed by atoms with van der Waals surface area (Å²) in [7, 11) is 0. The van der Waals surface area contributed by atoms with Crippen molar-refractivity contribution in [3.63, 3.8) is 0 Å². The van der Waals surface area contributed by atoms with Crippen LogP contribution in [0.25, 0.3) is 0 Å². The summed E-state index contributed by atoms with van der Waals surface area (Å²) in [6, 6.07) is -0.398. The number of urea groups is 1. The van der Waals surface area contributed by atoms with Crippen LogP contribution < -0.4 is 10.6 Å². The largest absolute Gasteiger partial charge is 0.329 e. The Morgan fingerprint density at radius 2 is 2.00 bits per heavy atom. The number of rotatable bonds is 0. The van der Waals surface area contributed by atoms with E-state index in [1.807, 2.05) is 5.32 Å². The molecule has 46 valence electrons. The molecular formula is C3H5FN2O2. The molecule has 0 aliphatic carbocycles. The lowest BCUT2D eigenvalue weighted by atomic mass is 10.7. The molecular weight excluding hydrogens is 115 g/mol. The SMILES string of the molecule is F.O=C1CNC(=O)N1. The predicted octanol–water partition coefficient (Wildman–Crippen LogP) is -1.02. The minimum Gasteiger partial charge on any atom is -0.329 e. The van der Waals surface area contributed by atoms with Crippen molar-refractivity contribution in [1.82, 2.24) is 10.6 Å². The molecule has 0 saturated carbocycles. The first-order chi connectivity index (χ1) is 3.29. The molecule has 0 atom stereocenters. The highest BCUT2D eigenvalue weighted by atomic mass is 19.0. The Bertz CT molecular complexity index is 110. The summed E-state index contributed by atoms with van der Waals surface area (Å²) in [4.78, 5) is 20.1. The van der Waals surface area contributed by atoms with Gasteiger partial charge >= 0.3 is 6.03 Å². The molecule has 0 aromatic rings. The Kier molecular flexibility index (Phi) is 1.93. The van der Waals surface area contributed by atoms with E-state index in [1.165, 1.54) is 0 Å². The second-order valence-corrected chi connectivity index (χ2v) is 1.23. The van der Waals surface area contributed by atoms with E-state index in [-0.39, 0.29) is 17.2 Å². The Labute approximate surface area is 44.6 Å². The molecule has 2 N–H and O–H groups in total. The van der Waals surface area contributed by atoms with Gasteiger partial charge in [0.15, 0.2) is 0 Å². The lowest BCUT2D eigenvalue weighted by Gasteiger charge is -1.78. The second-order valence-electron chi connectivity index (χ2n) is 1.23. The molecule has 0 aromatic carbocycles. The molecule has 1 saturated heterocycles. The number of halogens is 1. The van der Waals surface area contributed by atoms with E-state index in [0.717, 1.165) is 0 Å². The van der Waals surface area contributed by atoms with Crippen molar-refractivity contribution in [2.45, 2.75) is 0 Å². The van der Waals surface area contributed by atoms with Gasteiger partial charge in [0.1, 0.15) is 0 Å². The van der Waals surface area contributed by atoms with E-state index in [4.69, 9.17) is 0 Å². The van der Waals surface area contributed by atoms with Gasteiger partial charge in [-0.05, 0) is 0 Å². The van der Waals surface area contributed by atoms with Crippen molar-refractivity contribution < 1.29 is 14.3 Å². The van der Waals surface area contributed by atoms with Crippen LogP contribution >= 0.6 is 0 Å². The molecule has 0 spiro atoms. The molecule has 1 rings (SSSR count). The third-order valence-electron chi connectivity index (χ3n) is 0.662. The molecule has 1 aliphatic heterocycles. The number of amides is 3. The van der Waals surface area contributed by atoms with E-state index in [2.05, 4.69) is 5.32 Å². The smallest absolute Gasteiger partial charge is 0.321 e. The van der Waals surface area contributed by atoms with Gasteiger partial charge in [-0.25, -0.2) is 4.79 Å². The van der Waals surface area contributed by atoms with Crippen LogP contribution in [0.2, 0.25) is 0 Å². The minimum atomic E-state index is -0.398. The molecule has 0 bridgehead atoms. The highest BCUT2D eigenvalue weighted by Gasteiger charge is 2.14. The van der Waals surface area contributed by atoms with Gasteiger partial charge in [0.2, 0.25) is 5.91 Å². The maximum Gasteiger partial charge on any atom is 0.321 e. The fraction of sp³-hybridized carbons (Fsp3) is 0.333. The second kappa shape index (κ2) is 2.25. The summed E-state index contributed by atoms with van der Waals surface area (Å²) in [6.07, 6.45) is 0. The topological polar surface area (TPSA) is 58.2 Å². The Balaban J connectivity index is 0.000000490. The molecule has 1 fully saturated rings. The first-order valence-corrected chi connectivity index (χ1v) is 1.87. The number of hydrogen-bond acceptors (Lipinski definition) is 2. The molecule has 1 aliphatic rings. The van der Waals surface area contributed by atoms with Crippen LogP contribution in [-0.2, 0) is 4.79 Å². The third kappa shape index (κ3) is 1.18. The van der Waals surface area contributed by atoms with Crippen LogP contribution in [0.4, 0.5) is 9.50 Å². The van der Waals surface area contributed by atoms with Gasteiger partial charge in [-0.2, -0.15) is 0 Å². The highest BCUT2D eigenvalue weighted by Crippen LogP contribution is 1.73. The summed E-state index contributed by atoms with van der Waals surface area (Å²) in [6.45, 7) is 0.124. The van der Waals surface area contributed by atoms with Crippen molar-refractivity contribution >= 4 is 11.9 Å². The lowest BCUT2D eigenvalue weighted by molar-refractivity contribution is -0.117. The average molecular weight is 120 g/mol. The van der Waals surface area contributed by atoms with Crippen molar-refractivity contribution in [2.75, 3.05) is 6.54 Å². The molecule has 3 amide bonds. The number of carbonyl (C=O) groups is 2. The van der Waals surface area contributed by atoms with E-state index >= 15 is 0 Å². The predicted molar refractivity (Wildman–Crippen MR) is 24.0 cm³/mol. The zero-order valence-corrected chi connectivity index (χ0v) is 3.93. The first kappa shape index (κ1) is 6.87. The van der Waals surface area contributed by atoms with Crippen molar-refractivity contribution in [3.8, 4) is 0 Å². The van der Waals surface area contributed by atoms with Gasteiger partial charge in [0, 0.05) is 0 Å². The average Bonchev–Trinajstić information content (AvgIpc) is 1.87. The van der Waals surface area contributed by atoms with Gasteiger partial charge in [0.25, 0.3) is 0 Å². The summed E-state index contributed by atoms with van der Waals surface area (Å²) >= 11 is 0. The highest BCUT2D eigenvalue weighted by molar-refractivity contribution is 6.01. The number of nitrogens with one attached hydrogen (secondary N) is 2. The quantitative estimate of drug-likeness (QED) is 0.402. The minimum absolute atomic E-state index is 0. The monoisotopic (exact) mass is 120 g/mol. The van der Waals surface area contributed by atoms with Crippen LogP contribution in [0.1, 0.15) is 0 Å². The Morgan fingerprint density at radius 3 is 2.12 bits per heavy atom. The van der Waals surface area contributed by atoms with E-state index in [0.29, 0.717) is 0 Å². The molecule has 0 aromatic heterocycles. The van der Waals surface area contributed by atoms with Crippen molar-refractivity contribution in [2.24, 2.45) is 0 Å². The lowest BCUT2D eigenvalue weighted by Crippen LogP contribution is -2.22.